The van der Waals surface area contributed by atoms with Crippen LogP contribution in [0.4, 0.5) is 21.7 Å². The minimum absolute atomic E-state index is 0.166. The summed E-state index contributed by atoms with van der Waals surface area (Å²) in [4.78, 5) is 3.98. The summed E-state index contributed by atoms with van der Waals surface area (Å²) in [7, 11) is 0. The molecule has 3 aromatic rings. The molecule has 0 aliphatic rings. The van der Waals surface area contributed by atoms with Gasteiger partial charge in [-0.1, -0.05) is 48.5 Å². The van der Waals surface area contributed by atoms with Crippen molar-refractivity contribution in [3.8, 4) is 0 Å². The van der Waals surface area contributed by atoms with Gasteiger partial charge in [-0.2, -0.15) is 0 Å². The van der Waals surface area contributed by atoms with Crippen molar-refractivity contribution in [1.29, 1.82) is 0 Å². The molecule has 0 bridgehead atoms. The molecule has 3 rings (SSSR count). The lowest BCUT2D eigenvalue weighted by atomic mass is 9.85. The summed E-state index contributed by atoms with van der Waals surface area (Å²) >= 11 is 0. The number of hydrogen-bond acceptors (Lipinski definition) is 4. The van der Waals surface area contributed by atoms with Crippen LogP contribution >= 0.6 is 0 Å². The van der Waals surface area contributed by atoms with Crippen LogP contribution < -0.4 is 17.2 Å². The van der Waals surface area contributed by atoms with Crippen LogP contribution in [0, 0.1) is 5.82 Å². The lowest BCUT2D eigenvalue weighted by Gasteiger charge is -2.21. The summed E-state index contributed by atoms with van der Waals surface area (Å²) in [5, 5.41) is 0. The third-order valence-corrected chi connectivity index (χ3v) is 4.08. The van der Waals surface area contributed by atoms with E-state index < -0.39 is 0 Å². The molecule has 5 heteroatoms. The van der Waals surface area contributed by atoms with Crippen LogP contribution in [-0.4, -0.2) is 4.98 Å². The van der Waals surface area contributed by atoms with Gasteiger partial charge in [0, 0.05) is 5.92 Å². The van der Waals surface area contributed by atoms with E-state index >= 15 is 0 Å². The zero-order valence-corrected chi connectivity index (χ0v) is 13.1. The molecule has 0 aliphatic carbocycles. The van der Waals surface area contributed by atoms with Crippen molar-refractivity contribution >= 4 is 17.3 Å². The number of rotatable bonds is 4. The Bertz CT molecular complexity index is 849. The van der Waals surface area contributed by atoms with Crippen molar-refractivity contribution in [3.05, 3.63) is 83.2 Å². The molecule has 2 aromatic carbocycles. The van der Waals surface area contributed by atoms with Crippen LogP contribution in [0.5, 0.6) is 0 Å². The molecule has 4 nitrogen and oxygen atoms in total. The molecule has 0 radical (unpaired) electrons. The second-order valence-electron chi connectivity index (χ2n) is 5.70. The summed E-state index contributed by atoms with van der Waals surface area (Å²) in [5.41, 5.74) is 20.5. The fourth-order valence-corrected chi connectivity index (χ4v) is 2.90. The van der Waals surface area contributed by atoms with Crippen molar-refractivity contribution in [1.82, 2.24) is 4.98 Å². The Hall–Kier alpha value is -3.08. The quantitative estimate of drug-likeness (QED) is 0.687. The number of nitrogens with zero attached hydrogens (tertiary/aromatic N) is 1. The standard InChI is InChI=1S/C19H19FN4/c20-16-9-5-4-8-13(16)14(10-12-6-2-1-3-7-12)15-11-17(21)24-19(23)18(15)22/h1-9,11,14H,10,22H2,(H4,21,23,24). The summed E-state index contributed by atoms with van der Waals surface area (Å²) < 4.78 is 14.4. The Morgan fingerprint density at radius 3 is 2.25 bits per heavy atom. The van der Waals surface area contributed by atoms with Crippen LogP contribution in [0.2, 0.25) is 0 Å². The number of hydrogen-bond donors (Lipinski definition) is 3. The normalized spacial score (nSPS) is 12.0. The number of aromatic nitrogens is 1. The molecule has 0 fully saturated rings. The molecule has 1 unspecified atom stereocenters. The highest BCUT2D eigenvalue weighted by Gasteiger charge is 2.22. The topological polar surface area (TPSA) is 91.0 Å². The Labute approximate surface area is 140 Å². The van der Waals surface area contributed by atoms with Gasteiger partial charge in [0.2, 0.25) is 0 Å². The first-order valence-electron chi connectivity index (χ1n) is 7.66. The third kappa shape index (κ3) is 3.15. The maximum Gasteiger partial charge on any atom is 0.149 e. The lowest BCUT2D eigenvalue weighted by Crippen LogP contribution is -2.13. The predicted molar refractivity (Wildman–Crippen MR) is 95.9 cm³/mol. The van der Waals surface area contributed by atoms with Crippen molar-refractivity contribution < 1.29 is 4.39 Å². The molecule has 0 amide bonds. The molecule has 1 atom stereocenters. The molecule has 1 aromatic heterocycles. The monoisotopic (exact) mass is 322 g/mol. The number of benzene rings is 2. The van der Waals surface area contributed by atoms with Crippen LogP contribution in [0.25, 0.3) is 0 Å². The number of halogens is 1. The lowest BCUT2D eigenvalue weighted by molar-refractivity contribution is 0.595. The Morgan fingerprint density at radius 1 is 0.875 bits per heavy atom. The highest BCUT2D eigenvalue weighted by Crippen LogP contribution is 2.36. The zero-order chi connectivity index (χ0) is 17.1. The molecule has 0 spiro atoms. The predicted octanol–water partition coefficient (Wildman–Crippen LogP) is 3.34. The minimum Gasteiger partial charge on any atom is -0.396 e. The largest absolute Gasteiger partial charge is 0.396 e. The van der Waals surface area contributed by atoms with E-state index in [1.807, 2.05) is 30.3 Å². The van der Waals surface area contributed by atoms with E-state index in [9.17, 15) is 4.39 Å². The maximum absolute atomic E-state index is 14.4. The van der Waals surface area contributed by atoms with Crippen molar-refractivity contribution in [2.75, 3.05) is 17.2 Å². The molecule has 122 valence electrons. The van der Waals surface area contributed by atoms with Gasteiger partial charge in [-0.05, 0) is 35.2 Å². The van der Waals surface area contributed by atoms with Gasteiger partial charge in [0.15, 0.2) is 0 Å². The van der Waals surface area contributed by atoms with Gasteiger partial charge < -0.3 is 17.2 Å². The van der Waals surface area contributed by atoms with E-state index in [0.717, 1.165) is 5.56 Å². The summed E-state index contributed by atoms with van der Waals surface area (Å²) in [6.07, 6.45) is 0.578. The van der Waals surface area contributed by atoms with E-state index in [0.29, 0.717) is 23.2 Å². The van der Waals surface area contributed by atoms with E-state index in [1.165, 1.54) is 6.07 Å². The Kier molecular flexibility index (Phi) is 4.33. The second kappa shape index (κ2) is 6.58. The third-order valence-electron chi connectivity index (χ3n) is 4.08. The van der Waals surface area contributed by atoms with Crippen LogP contribution in [0.1, 0.15) is 22.6 Å². The van der Waals surface area contributed by atoms with E-state index in [2.05, 4.69) is 4.98 Å². The first-order chi connectivity index (χ1) is 11.6. The molecular formula is C19H19FN4. The van der Waals surface area contributed by atoms with E-state index in [-0.39, 0.29) is 23.4 Å². The number of pyridine rings is 1. The summed E-state index contributed by atoms with van der Waals surface area (Å²) in [5.74, 6) is -0.154. The number of anilines is 3. The van der Waals surface area contributed by atoms with Crippen LogP contribution in [0.15, 0.2) is 60.7 Å². The fraction of sp³-hybridized carbons (Fsp3) is 0.105. The highest BCUT2D eigenvalue weighted by atomic mass is 19.1. The van der Waals surface area contributed by atoms with Crippen LogP contribution in [-0.2, 0) is 6.42 Å². The van der Waals surface area contributed by atoms with Crippen molar-refractivity contribution in [2.45, 2.75) is 12.3 Å². The van der Waals surface area contributed by atoms with E-state index in [1.54, 1.807) is 24.3 Å². The van der Waals surface area contributed by atoms with Gasteiger partial charge in [0.05, 0.1) is 5.69 Å². The van der Waals surface area contributed by atoms with Crippen molar-refractivity contribution in [2.24, 2.45) is 0 Å². The highest BCUT2D eigenvalue weighted by molar-refractivity contribution is 5.68. The Morgan fingerprint density at radius 2 is 1.54 bits per heavy atom. The number of nitrogens with two attached hydrogens (primary N) is 3. The molecule has 0 saturated heterocycles. The van der Waals surface area contributed by atoms with Crippen LogP contribution in [0.3, 0.4) is 0 Å². The number of nitrogen functional groups attached to an aromatic ring is 3. The Balaban J connectivity index is 2.14. The van der Waals surface area contributed by atoms with Gasteiger partial charge in [-0.25, -0.2) is 9.37 Å². The fourth-order valence-electron chi connectivity index (χ4n) is 2.90. The van der Waals surface area contributed by atoms with Gasteiger partial charge in [0.25, 0.3) is 0 Å². The molecule has 0 aliphatic heterocycles. The average molecular weight is 322 g/mol. The maximum atomic E-state index is 14.4. The molecule has 6 N–H and O–H groups in total. The first-order valence-corrected chi connectivity index (χ1v) is 7.66. The van der Waals surface area contributed by atoms with Crippen molar-refractivity contribution in [3.63, 3.8) is 0 Å². The van der Waals surface area contributed by atoms with E-state index in [4.69, 9.17) is 17.2 Å². The van der Waals surface area contributed by atoms with Gasteiger partial charge in [-0.15, -0.1) is 0 Å². The smallest absolute Gasteiger partial charge is 0.149 e. The summed E-state index contributed by atoms with van der Waals surface area (Å²) in [6, 6.07) is 18.2. The SMILES string of the molecule is Nc1cc(C(Cc2ccccc2)c2ccccc2F)c(N)c(N)n1. The van der Waals surface area contributed by atoms with Gasteiger partial charge >= 0.3 is 0 Å². The average Bonchev–Trinajstić information content (AvgIpc) is 2.58. The second-order valence-corrected chi connectivity index (χ2v) is 5.70. The molecular weight excluding hydrogens is 303 g/mol. The van der Waals surface area contributed by atoms with Gasteiger partial charge in [-0.3, -0.25) is 0 Å². The summed E-state index contributed by atoms with van der Waals surface area (Å²) in [6.45, 7) is 0. The zero-order valence-electron chi connectivity index (χ0n) is 13.1. The first kappa shape index (κ1) is 15.8. The molecule has 24 heavy (non-hydrogen) atoms. The molecule has 0 saturated carbocycles. The van der Waals surface area contributed by atoms with Gasteiger partial charge in [0.1, 0.15) is 17.5 Å². The molecule has 1 heterocycles. The minimum atomic E-state index is -0.304.